The molecule has 2 aromatic heterocycles. The first-order valence-electron chi connectivity index (χ1n) is 4.71. The molecule has 0 aromatic carbocycles. The predicted molar refractivity (Wildman–Crippen MR) is 52.5 cm³/mol. The monoisotopic (exact) mass is 222 g/mol. The molecule has 0 aliphatic carbocycles. The maximum Gasteiger partial charge on any atom is 0.397 e. The highest BCUT2D eigenvalue weighted by Crippen LogP contribution is 2.12. The van der Waals surface area contributed by atoms with Gasteiger partial charge in [-0.05, 0) is 6.92 Å². The van der Waals surface area contributed by atoms with E-state index in [9.17, 15) is 4.79 Å². The largest absolute Gasteiger partial charge is 0.459 e. The van der Waals surface area contributed by atoms with Crippen LogP contribution in [0.4, 0.5) is 0 Å². The standard InChI is InChI=1S/C9H10N4O3/c1-3-15-9(14)8-11-6(12-16-8)7-10-4-5-13(7)2/h4-5H,3H2,1-2H3. The van der Waals surface area contributed by atoms with Gasteiger partial charge in [0, 0.05) is 19.4 Å². The molecular weight excluding hydrogens is 212 g/mol. The van der Waals surface area contributed by atoms with Crippen LogP contribution in [-0.2, 0) is 11.8 Å². The van der Waals surface area contributed by atoms with Gasteiger partial charge >= 0.3 is 11.9 Å². The number of carbonyl (C=O) groups is 1. The zero-order chi connectivity index (χ0) is 11.5. The first-order chi connectivity index (χ1) is 7.72. The Bertz CT molecular complexity index is 502. The van der Waals surface area contributed by atoms with E-state index >= 15 is 0 Å². The molecule has 0 amide bonds. The summed E-state index contributed by atoms with van der Waals surface area (Å²) in [6.07, 6.45) is 3.35. The fourth-order valence-corrected chi connectivity index (χ4v) is 1.17. The van der Waals surface area contributed by atoms with E-state index in [1.165, 1.54) is 0 Å². The zero-order valence-electron chi connectivity index (χ0n) is 8.88. The minimum Gasteiger partial charge on any atom is -0.459 e. The van der Waals surface area contributed by atoms with Crippen LogP contribution in [0.25, 0.3) is 11.6 Å². The Labute approximate surface area is 91.0 Å². The molecular formula is C9H10N4O3. The highest BCUT2D eigenvalue weighted by atomic mass is 16.6. The molecule has 2 aromatic rings. The number of imidazole rings is 1. The Hall–Kier alpha value is -2.18. The van der Waals surface area contributed by atoms with Crippen molar-refractivity contribution in [3.05, 3.63) is 18.3 Å². The average molecular weight is 222 g/mol. The molecule has 0 aliphatic rings. The van der Waals surface area contributed by atoms with E-state index < -0.39 is 5.97 Å². The first-order valence-corrected chi connectivity index (χ1v) is 4.71. The Morgan fingerprint density at radius 1 is 1.62 bits per heavy atom. The van der Waals surface area contributed by atoms with Crippen molar-refractivity contribution in [1.29, 1.82) is 0 Å². The second kappa shape index (κ2) is 4.13. The average Bonchev–Trinajstić information content (AvgIpc) is 2.86. The fourth-order valence-electron chi connectivity index (χ4n) is 1.17. The molecule has 16 heavy (non-hydrogen) atoms. The van der Waals surface area contributed by atoms with Crippen molar-refractivity contribution in [2.75, 3.05) is 6.61 Å². The lowest BCUT2D eigenvalue weighted by Gasteiger charge is -1.94. The van der Waals surface area contributed by atoms with E-state index in [0.29, 0.717) is 5.82 Å². The van der Waals surface area contributed by atoms with Gasteiger partial charge in [-0.15, -0.1) is 0 Å². The molecule has 0 saturated heterocycles. The number of carbonyl (C=O) groups excluding carboxylic acids is 1. The Kier molecular flexibility index (Phi) is 2.67. The van der Waals surface area contributed by atoms with Gasteiger partial charge in [-0.25, -0.2) is 9.78 Å². The molecule has 7 heteroatoms. The van der Waals surface area contributed by atoms with Crippen molar-refractivity contribution in [1.82, 2.24) is 19.7 Å². The summed E-state index contributed by atoms with van der Waals surface area (Å²) in [6, 6.07) is 0. The summed E-state index contributed by atoms with van der Waals surface area (Å²) < 4.78 is 11.2. The van der Waals surface area contributed by atoms with E-state index in [2.05, 4.69) is 15.1 Å². The van der Waals surface area contributed by atoms with Gasteiger partial charge in [0.25, 0.3) is 0 Å². The van der Waals surface area contributed by atoms with Gasteiger partial charge < -0.3 is 13.8 Å². The summed E-state index contributed by atoms with van der Waals surface area (Å²) in [7, 11) is 1.79. The van der Waals surface area contributed by atoms with Crippen LogP contribution in [0.2, 0.25) is 0 Å². The molecule has 0 radical (unpaired) electrons. The van der Waals surface area contributed by atoms with E-state index in [0.717, 1.165) is 0 Å². The van der Waals surface area contributed by atoms with Crippen molar-refractivity contribution in [3.8, 4) is 11.6 Å². The van der Waals surface area contributed by atoms with Crippen LogP contribution in [0, 0.1) is 0 Å². The molecule has 0 bridgehead atoms. The summed E-state index contributed by atoms with van der Waals surface area (Å²) in [4.78, 5) is 19.2. The fraction of sp³-hybridized carbons (Fsp3) is 0.333. The molecule has 0 saturated carbocycles. The first kappa shape index (κ1) is 10.3. The summed E-state index contributed by atoms with van der Waals surface area (Å²) >= 11 is 0. The Balaban J connectivity index is 2.26. The van der Waals surface area contributed by atoms with Gasteiger partial charge in [-0.1, -0.05) is 5.16 Å². The van der Waals surface area contributed by atoms with Gasteiger partial charge in [0.1, 0.15) is 0 Å². The van der Waals surface area contributed by atoms with Gasteiger partial charge in [0.15, 0.2) is 5.82 Å². The van der Waals surface area contributed by atoms with Crippen molar-refractivity contribution in [3.63, 3.8) is 0 Å². The van der Waals surface area contributed by atoms with Crippen molar-refractivity contribution < 1.29 is 14.1 Å². The van der Waals surface area contributed by atoms with Gasteiger partial charge in [-0.3, -0.25) is 0 Å². The second-order valence-corrected chi connectivity index (χ2v) is 3.01. The van der Waals surface area contributed by atoms with Crippen LogP contribution in [0.3, 0.4) is 0 Å². The number of nitrogens with zero attached hydrogens (tertiary/aromatic N) is 4. The topological polar surface area (TPSA) is 83.0 Å². The quantitative estimate of drug-likeness (QED) is 0.709. The minimum absolute atomic E-state index is 0.167. The van der Waals surface area contributed by atoms with Crippen LogP contribution >= 0.6 is 0 Å². The normalized spacial score (nSPS) is 10.4. The molecule has 0 spiro atoms. The predicted octanol–water partition coefficient (Wildman–Crippen LogP) is 0.647. The zero-order valence-corrected chi connectivity index (χ0v) is 8.88. The van der Waals surface area contributed by atoms with Crippen LogP contribution in [0.15, 0.2) is 16.9 Å². The maximum atomic E-state index is 11.3. The summed E-state index contributed by atoms with van der Waals surface area (Å²) in [5.74, 6) is -0.00911. The van der Waals surface area contributed by atoms with E-state index in [-0.39, 0.29) is 18.3 Å². The highest BCUT2D eigenvalue weighted by Gasteiger charge is 2.18. The lowest BCUT2D eigenvalue weighted by molar-refractivity contribution is 0.0470. The third kappa shape index (κ3) is 1.79. The minimum atomic E-state index is -0.629. The summed E-state index contributed by atoms with van der Waals surface area (Å²) in [6.45, 7) is 1.97. The molecule has 0 aliphatic heterocycles. The number of hydrogen-bond acceptors (Lipinski definition) is 6. The van der Waals surface area contributed by atoms with Crippen LogP contribution in [0.5, 0.6) is 0 Å². The lowest BCUT2D eigenvalue weighted by Crippen LogP contribution is -2.04. The van der Waals surface area contributed by atoms with E-state index in [1.54, 1.807) is 30.9 Å². The molecule has 0 fully saturated rings. The molecule has 7 nitrogen and oxygen atoms in total. The molecule has 2 rings (SSSR count). The van der Waals surface area contributed by atoms with Crippen molar-refractivity contribution in [2.24, 2.45) is 7.05 Å². The number of aryl methyl sites for hydroxylation is 1. The number of rotatable bonds is 3. The van der Waals surface area contributed by atoms with Crippen molar-refractivity contribution >= 4 is 5.97 Å². The van der Waals surface area contributed by atoms with Crippen LogP contribution in [-0.4, -0.2) is 32.3 Å². The second-order valence-electron chi connectivity index (χ2n) is 3.01. The van der Waals surface area contributed by atoms with Crippen LogP contribution in [0.1, 0.15) is 17.6 Å². The molecule has 0 N–H and O–H groups in total. The molecule has 2 heterocycles. The van der Waals surface area contributed by atoms with Gasteiger partial charge in [0.2, 0.25) is 5.82 Å². The SMILES string of the molecule is CCOC(=O)c1nc(-c2nccn2C)no1. The third-order valence-electron chi connectivity index (χ3n) is 1.90. The number of esters is 1. The van der Waals surface area contributed by atoms with Gasteiger partial charge in [0.05, 0.1) is 6.61 Å². The van der Waals surface area contributed by atoms with Crippen molar-refractivity contribution in [2.45, 2.75) is 6.92 Å². The summed E-state index contributed by atoms with van der Waals surface area (Å²) in [5, 5.41) is 3.65. The number of ether oxygens (including phenoxy) is 1. The van der Waals surface area contributed by atoms with E-state index in [1.807, 2.05) is 0 Å². The highest BCUT2D eigenvalue weighted by molar-refractivity contribution is 5.84. The molecule has 0 atom stereocenters. The Morgan fingerprint density at radius 3 is 3.06 bits per heavy atom. The van der Waals surface area contributed by atoms with E-state index in [4.69, 9.17) is 9.26 Å². The third-order valence-corrected chi connectivity index (χ3v) is 1.90. The lowest BCUT2D eigenvalue weighted by atomic mass is 10.5. The maximum absolute atomic E-state index is 11.3. The number of hydrogen-bond donors (Lipinski definition) is 0. The van der Waals surface area contributed by atoms with Gasteiger partial charge in [-0.2, -0.15) is 4.98 Å². The summed E-state index contributed by atoms with van der Waals surface area (Å²) in [5.41, 5.74) is 0. The van der Waals surface area contributed by atoms with Crippen LogP contribution < -0.4 is 0 Å². The number of aromatic nitrogens is 4. The molecule has 0 unspecified atom stereocenters. The Morgan fingerprint density at radius 2 is 2.44 bits per heavy atom. The molecule has 84 valence electrons. The smallest absolute Gasteiger partial charge is 0.397 e.